The number of hydrogen-bond donors (Lipinski definition) is 1. The highest BCUT2D eigenvalue weighted by atomic mass is 32.2. The van der Waals surface area contributed by atoms with Crippen molar-refractivity contribution in [2.24, 2.45) is 0 Å². The number of ketones is 1. The third-order valence-corrected chi connectivity index (χ3v) is 6.68. The van der Waals surface area contributed by atoms with Gasteiger partial charge in [0.2, 0.25) is 15.9 Å². The lowest BCUT2D eigenvalue weighted by molar-refractivity contribution is -0.111. The maximum atomic E-state index is 13.0. The molecule has 2 aromatic carbocycles. The monoisotopic (exact) mass is 444 g/mol. The summed E-state index contributed by atoms with van der Waals surface area (Å²) in [6.07, 6.45) is 2.84. The van der Waals surface area contributed by atoms with Crippen LogP contribution < -0.4 is 10.1 Å². The first kappa shape index (κ1) is 22.7. The number of nitrogens with zero attached hydrogens (tertiary/aromatic N) is 1. The van der Waals surface area contributed by atoms with Crippen molar-refractivity contribution in [1.29, 1.82) is 0 Å². The molecular weight excluding hydrogens is 420 g/mol. The molecule has 0 spiro atoms. The van der Waals surface area contributed by atoms with Crippen LogP contribution in [0.3, 0.4) is 0 Å². The van der Waals surface area contributed by atoms with Crippen molar-refractivity contribution in [2.75, 3.05) is 38.7 Å². The van der Waals surface area contributed by atoms with E-state index in [4.69, 9.17) is 9.47 Å². The number of Topliss-reactive ketones (excluding diaryl/α,β-unsaturated/α-hetero) is 1. The van der Waals surface area contributed by atoms with E-state index in [-0.39, 0.29) is 35.4 Å². The predicted molar refractivity (Wildman–Crippen MR) is 117 cm³/mol. The number of morpholine rings is 1. The summed E-state index contributed by atoms with van der Waals surface area (Å²) in [5, 5.41) is 2.70. The molecule has 0 aromatic heterocycles. The quantitative estimate of drug-likeness (QED) is 0.520. The predicted octanol–water partition coefficient (Wildman–Crippen LogP) is 2.57. The summed E-state index contributed by atoms with van der Waals surface area (Å²) in [5.41, 5.74) is 1.64. The fraction of sp³-hybridized carbons (Fsp3) is 0.273. The molecule has 0 saturated carbocycles. The highest BCUT2D eigenvalue weighted by molar-refractivity contribution is 7.89. The molecule has 0 atom stereocenters. The number of carbonyl (C=O) groups excluding carboxylic acids is 2. The van der Waals surface area contributed by atoms with E-state index in [9.17, 15) is 18.0 Å². The Bertz CT molecular complexity index is 1090. The Morgan fingerprint density at radius 1 is 1.10 bits per heavy atom. The van der Waals surface area contributed by atoms with Gasteiger partial charge in [0.05, 0.1) is 20.3 Å². The van der Waals surface area contributed by atoms with Crippen molar-refractivity contribution in [3.8, 4) is 5.75 Å². The first-order valence-electron chi connectivity index (χ1n) is 9.67. The van der Waals surface area contributed by atoms with E-state index >= 15 is 0 Å². The molecule has 0 aliphatic carbocycles. The second kappa shape index (κ2) is 9.86. The average Bonchev–Trinajstić information content (AvgIpc) is 2.78. The van der Waals surface area contributed by atoms with Gasteiger partial charge in [-0.2, -0.15) is 4.31 Å². The van der Waals surface area contributed by atoms with Crippen LogP contribution in [0, 0.1) is 0 Å². The van der Waals surface area contributed by atoms with Gasteiger partial charge in [0.15, 0.2) is 5.78 Å². The standard InChI is InChI=1S/C22H24N2O6S/c1-16(25)18-5-7-19(8-6-18)23-22(26)10-4-17-3-9-20(29-2)21(15-17)31(27,28)24-11-13-30-14-12-24/h3-10,15H,11-14H2,1-2H3,(H,23,26). The van der Waals surface area contributed by atoms with Gasteiger partial charge >= 0.3 is 0 Å². The summed E-state index contributed by atoms with van der Waals surface area (Å²) in [7, 11) is -2.35. The number of sulfonamides is 1. The first-order chi connectivity index (χ1) is 14.8. The van der Waals surface area contributed by atoms with Crippen LogP contribution in [0.1, 0.15) is 22.8 Å². The van der Waals surface area contributed by atoms with Crippen molar-refractivity contribution in [3.05, 3.63) is 59.7 Å². The molecule has 1 fully saturated rings. The number of nitrogens with one attached hydrogen (secondary N) is 1. The maximum absolute atomic E-state index is 13.0. The smallest absolute Gasteiger partial charge is 0.248 e. The van der Waals surface area contributed by atoms with Crippen LogP contribution in [-0.2, 0) is 19.6 Å². The molecule has 1 saturated heterocycles. The van der Waals surface area contributed by atoms with E-state index in [0.29, 0.717) is 30.0 Å². The Hall–Kier alpha value is -3.01. The molecule has 9 heteroatoms. The normalized spacial score (nSPS) is 15.0. The van der Waals surface area contributed by atoms with Gasteiger partial charge in [-0.15, -0.1) is 0 Å². The zero-order valence-electron chi connectivity index (χ0n) is 17.3. The minimum atomic E-state index is -3.76. The Balaban J connectivity index is 1.76. The summed E-state index contributed by atoms with van der Waals surface area (Å²) in [4.78, 5) is 23.6. The van der Waals surface area contributed by atoms with Gasteiger partial charge in [0.25, 0.3) is 0 Å². The number of anilines is 1. The Labute approximate surface area is 181 Å². The summed E-state index contributed by atoms with van der Waals surface area (Å²) in [5.74, 6) is -0.206. The molecule has 1 aliphatic heterocycles. The average molecular weight is 445 g/mol. The van der Waals surface area contributed by atoms with Crippen molar-refractivity contribution >= 4 is 33.5 Å². The number of benzene rings is 2. The first-order valence-corrected chi connectivity index (χ1v) is 11.1. The fourth-order valence-corrected chi connectivity index (χ4v) is 4.67. The lowest BCUT2D eigenvalue weighted by Gasteiger charge is -2.26. The lowest BCUT2D eigenvalue weighted by atomic mass is 10.1. The van der Waals surface area contributed by atoms with E-state index in [1.807, 2.05) is 0 Å². The number of hydrogen-bond acceptors (Lipinski definition) is 6. The zero-order valence-corrected chi connectivity index (χ0v) is 18.1. The molecular formula is C22H24N2O6S. The summed E-state index contributed by atoms with van der Waals surface area (Å²) in [6.45, 7) is 2.70. The van der Waals surface area contributed by atoms with Crippen LogP contribution in [0.4, 0.5) is 5.69 Å². The van der Waals surface area contributed by atoms with Gasteiger partial charge in [0, 0.05) is 30.4 Å². The molecule has 164 valence electrons. The Kier molecular flexibility index (Phi) is 7.21. The van der Waals surface area contributed by atoms with Crippen molar-refractivity contribution in [1.82, 2.24) is 4.31 Å². The van der Waals surface area contributed by atoms with Crippen LogP contribution in [0.2, 0.25) is 0 Å². The van der Waals surface area contributed by atoms with Gasteiger partial charge in [0.1, 0.15) is 10.6 Å². The second-order valence-corrected chi connectivity index (χ2v) is 8.79. The molecule has 1 heterocycles. The van der Waals surface area contributed by atoms with Crippen LogP contribution in [0.5, 0.6) is 5.75 Å². The summed E-state index contributed by atoms with van der Waals surface area (Å²) in [6, 6.07) is 11.3. The third kappa shape index (κ3) is 5.57. The van der Waals surface area contributed by atoms with Gasteiger partial charge in [-0.25, -0.2) is 8.42 Å². The molecule has 1 aliphatic rings. The molecule has 1 N–H and O–H groups in total. The van der Waals surface area contributed by atoms with Crippen LogP contribution in [-0.4, -0.2) is 57.8 Å². The van der Waals surface area contributed by atoms with Crippen LogP contribution in [0.25, 0.3) is 6.08 Å². The van der Waals surface area contributed by atoms with E-state index in [0.717, 1.165) is 0 Å². The van der Waals surface area contributed by atoms with Gasteiger partial charge < -0.3 is 14.8 Å². The zero-order chi connectivity index (χ0) is 22.4. The van der Waals surface area contributed by atoms with Gasteiger partial charge in [-0.1, -0.05) is 6.07 Å². The number of ether oxygens (including phenoxy) is 2. The van der Waals surface area contributed by atoms with E-state index in [1.54, 1.807) is 36.4 Å². The third-order valence-electron chi connectivity index (χ3n) is 4.76. The lowest BCUT2D eigenvalue weighted by Crippen LogP contribution is -2.40. The van der Waals surface area contributed by atoms with E-state index < -0.39 is 10.0 Å². The van der Waals surface area contributed by atoms with Gasteiger partial charge in [-0.05, 0) is 55.0 Å². The molecule has 0 bridgehead atoms. The molecule has 0 unspecified atom stereocenters. The van der Waals surface area contributed by atoms with Crippen LogP contribution >= 0.6 is 0 Å². The van der Waals surface area contributed by atoms with E-state index in [2.05, 4.69) is 5.32 Å². The molecule has 1 amide bonds. The molecule has 3 rings (SSSR count). The largest absolute Gasteiger partial charge is 0.495 e. The molecule has 31 heavy (non-hydrogen) atoms. The van der Waals surface area contributed by atoms with Crippen LogP contribution in [0.15, 0.2) is 53.4 Å². The minimum absolute atomic E-state index is 0.0410. The maximum Gasteiger partial charge on any atom is 0.248 e. The summed E-state index contributed by atoms with van der Waals surface area (Å²) >= 11 is 0. The molecule has 0 radical (unpaired) electrons. The summed E-state index contributed by atoms with van der Waals surface area (Å²) < 4.78 is 37.9. The SMILES string of the molecule is COc1ccc(C=CC(=O)Nc2ccc(C(C)=O)cc2)cc1S(=O)(=O)N1CCOCC1. The van der Waals surface area contributed by atoms with E-state index in [1.165, 1.54) is 36.6 Å². The second-order valence-electron chi connectivity index (χ2n) is 6.88. The highest BCUT2D eigenvalue weighted by Gasteiger charge is 2.29. The highest BCUT2D eigenvalue weighted by Crippen LogP contribution is 2.28. The van der Waals surface area contributed by atoms with Crippen molar-refractivity contribution in [3.63, 3.8) is 0 Å². The number of carbonyl (C=O) groups is 2. The molecule has 8 nitrogen and oxygen atoms in total. The number of methoxy groups -OCH3 is 1. The van der Waals surface area contributed by atoms with Crippen molar-refractivity contribution in [2.45, 2.75) is 11.8 Å². The molecule has 2 aromatic rings. The Morgan fingerprint density at radius 3 is 2.39 bits per heavy atom. The topological polar surface area (TPSA) is 102 Å². The number of amides is 1. The van der Waals surface area contributed by atoms with Crippen molar-refractivity contribution < 1.29 is 27.5 Å². The fourth-order valence-electron chi connectivity index (χ4n) is 3.07. The minimum Gasteiger partial charge on any atom is -0.495 e. The van der Waals surface area contributed by atoms with Gasteiger partial charge in [-0.3, -0.25) is 9.59 Å². The Morgan fingerprint density at radius 2 is 1.77 bits per heavy atom. The number of rotatable bonds is 7.